The molecule has 1 aromatic carbocycles. The van der Waals surface area contributed by atoms with E-state index in [-0.39, 0.29) is 18.1 Å². The Balaban J connectivity index is 2.68. The fourth-order valence-corrected chi connectivity index (χ4v) is 2.25. The fraction of sp³-hybridized carbons (Fsp3) is 0.462. The first-order valence-corrected chi connectivity index (χ1v) is 6.98. The highest BCUT2D eigenvalue weighted by Gasteiger charge is 2.10. The summed E-state index contributed by atoms with van der Waals surface area (Å²) in [5, 5.41) is 0. The maximum atomic E-state index is 13.6. The first kappa shape index (κ1) is 15.6. The second kappa shape index (κ2) is 7.89. The molecular weight excluding hydrogens is 269 g/mol. The zero-order valence-electron chi connectivity index (χ0n) is 11.1. The number of esters is 1. The molecule has 0 saturated carbocycles. The fourth-order valence-electron chi connectivity index (χ4n) is 1.34. The molecule has 0 saturated heterocycles. The Morgan fingerprint density at radius 1 is 1.47 bits per heavy atom. The number of nitrogens with two attached hydrogens (primary N) is 1. The molecule has 0 aliphatic heterocycles. The minimum atomic E-state index is -0.469. The number of methoxy groups -OCH3 is 1. The standard InChI is InChI=1S/C13H18FNO3S/c1-3-5-18-11-8-12(10(15)7-9(11)14)19-6-4-13(16)17-2/h7-8H,3-6,15H2,1-2H3. The Morgan fingerprint density at radius 3 is 2.84 bits per heavy atom. The number of benzene rings is 1. The number of carbonyl (C=O) groups excluding carboxylic acids is 1. The summed E-state index contributed by atoms with van der Waals surface area (Å²) in [6, 6.07) is 2.81. The summed E-state index contributed by atoms with van der Waals surface area (Å²) >= 11 is 1.37. The molecule has 0 heterocycles. The van der Waals surface area contributed by atoms with Crippen LogP contribution in [0.2, 0.25) is 0 Å². The molecule has 0 bridgehead atoms. The van der Waals surface area contributed by atoms with E-state index >= 15 is 0 Å². The van der Waals surface area contributed by atoms with Crippen molar-refractivity contribution in [3.63, 3.8) is 0 Å². The SMILES string of the molecule is CCCOc1cc(SCCC(=O)OC)c(N)cc1F. The van der Waals surface area contributed by atoms with Crippen molar-refractivity contribution in [2.24, 2.45) is 0 Å². The van der Waals surface area contributed by atoms with Gasteiger partial charge in [0.05, 0.1) is 20.1 Å². The molecule has 106 valence electrons. The van der Waals surface area contributed by atoms with Gasteiger partial charge >= 0.3 is 5.97 Å². The van der Waals surface area contributed by atoms with E-state index in [0.29, 0.717) is 22.9 Å². The normalized spacial score (nSPS) is 10.3. The van der Waals surface area contributed by atoms with E-state index in [1.807, 2.05) is 6.92 Å². The highest BCUT2D eigenvalue weighted by Crippen LogP contribution is 2.32. The van der Waals surface area contributed by atoms with Crippen molar-refractivity contribution in [3.8, 4) is 5.75 Å². The van der Waals surface area contributed by atoms with Gasteiger partial charge in [-0.2, -0.15) is 0 Å². The zero-order valence-corrected chi connectivity index (χ0v) is 11.9. The molecule has 0 atom stereocenters. The number of anilines is 1. The van der Waals surface area contributed by atoms with Crippen molar-refractivity contribution in [1.82, 2.24) is 0 Å². The summed E-state index contributed by atoms with van der Waals surface area (Å²) in [5.74, 6) is -0.0362. The van der Waals surface area contributed by atoms with E-state index < -0.39 is 5.82 Å². The third-order valence-corrected chi connectivity index (χ3v) is 3.39. The summed E-state index contributed by atoms with van der Waals surface area (Å²) in [7, 11) is 1.34. The van der Waals surface area contributed by atoms with Crippen molar-refractivity contribution >= 4 is 23.4 Å². The molecule has 0 aliphatic carbocycles. The van der Waals surface area contributed by atoms with Gasteiger partial charge in [-0.25, -0.2) is 4.39 Å². The Morgan fingerprint density at radius 2 is 2.21 bits per heavy atom. The molecule has 6 heteroatoms. The van der Waals surface area contributed by atoms with Crippen LogP contribution >= 0.6 is 11.8 Å². The number of hydrogen-bond acceptors (Lipinski definition) is 5. The summed E-state index contributed by atoms with van der Waals surface area (Å²) in [5.41, 5.74) is 6.08. The molecule has 0 aromatic heterocycles. The maximum absolute atomic E-state index is 13.6. The maximum Gasteiger partial charge on any atom is 0.306 e. The summed E-state index contributed by atoms with van der Waals surface area (Å²) < 4.78 is 23.4. The topological polar surface area (TPSA) is 61.5 Å². The Bertz CT molecular complexity index is 440. The quantitative estimate of drug-likeness (QED) is 0.474. The van der Waals surface area contributed by atoms with Crippen molar-refractivity contribution in [1.29, 1.82) is 0 Å². The van der Waals surface area contributed by atoms with Crippen LogP contribution in [0.3, 0.4) is 0 Å². The average Bonchev–Trinajstić information content (AvgIpc) is 2.39. The molecule has 19 heavy (non-hydrogen) atoms. The van der Waals surface area contributed by atoms with Gasteiger partial charge in [0.15, 0.2) is 11.6 Å². The lowest BCUT2D eigenvalue weighted by molar-refractivity contribution is -0.140. The predicted octanol–water partition coefficient (Wildman–Crippen LogP) is 2.85. The van der Waals surface area contributed by atoms with Crippen molar-refractivity contribution in [2.45, 2.75) is 24.7 Å². The van der Waals surface area contributed by atoms with E-state index in [1.54, 1.807) is 6.07 Å². The van der Waals surface area contributed by atoms with Crippen LogP contribution < -0.4 is 10.5 Å². The van der Waals surface area contributed by atoms with Crippen LogP contribution in [0.4, 0.5) is 10.1 Å². The number of carbonyl (C=O) groups is 1. The van der Waals surface area contributed by atoms with E-state index in [0.717, 1.165) is 6.42 Å². The molecule has 0 radical (unpaired) electrons. The van der Waals surface area contributed by atoms with Gasteiger partial charge in [-0.3, -0.25) is 4.79 Å². The highest BCUT2D eigenvalue weighted by atomic mass is 32.2. The third-order valence-electron chi connectivity index (χ3n) is 2.32. The van der Waals surface area contributed by atoms with Gasteiger partial charge in [0.1, 0.15) is 0 Å². The van der Waals surface area contributed by atoms with Gasteiger partial charge in [0.2, 0.25) is 0 Å². The van der Waals surface area contributed by atoms with Crippen LogP contribution in [0.5, 0.6) is 5.75 Å². The molecule has 0 unspecified atom stereocenters. The molecule has 1 aromatic rings. The Hall–Kier alpha value is -1.43. The number of nitrogen functional groups attached to an aromatic ring is 1. The van der Waals surface area contributed by atoms with Crippen LogP contribution in [-0.2, 0) is 9.53 Å². The second-order valence-electron chi connectivity index (χ2n) is 3.84. The van der Waals surface area contributed by atoms with Crippen molar-refractivity contribution in [2.75, 3.05) is 25.2 Å². The molecular formula is C13H18FNO3S. The summed E-state index contributed by atoms with van der Waals surface area (Å²) in [6.45, 7) is 2.40. The summed E-state index contributed by atoms with van der Waals surface area (Å²) in [6.07, 6.45) is 1.08. The van der Waals surface area contributed by atoms with E-state index in [2.05, 4.69) is 4.74 Å². The van der Waals surface area contributed by atoms with Gasteiger partial charge in [-0.15, -0.1) is 11.8 Å². The number of thioether (sulfide) groups is 1. The first-order chi connectivity index (χ1) is 9.08. The van der Waals surface area contributed by atoms with Gasteiger partial charge < -0.3 is 15.2 Å². The molecule has 1 rings (SSSR count). The molecule has 0 spiro atoms. The minimum absolute atomic E-state index is 0.191. The Kier molecular flexibility index (Phi) is 6.49. The zero-order chi connectivity index (χ0) is 14.3. The van der Waals surface area contributed by atoms with Crippen LogP contribution in [0.15, 0.2) is 17.0 Å². The average molecular weight is 287 g/mol. The third kappa shape index (κ3) is 4.98. The molecule has 2 N–H and O–H groups in total. The minimum Gasteiger partial charge on any atom is -0.490 e. The lowest BCUT2D eigenvalue weighted by Crippen LogP contribution is -2.02. The molecule has 0 aliphatic rings. The van der Waals surface area contributed by atoms with Gasteiger partial charge in [0, 0.05) is 22.4 Å². The van der Waals surface area contributed by atoms with Crippen LogP contribution in [-0.4, -0.2) is 25.4 Å². The lowest BCUT2D eigenvalue weighted by atomic mass is 10.3. The van der Waals surface area contributed by atoms with Crippen LogP contribution in [0, 0.1) is 5.82 Å². The van der Waals surface area contributed by atoms with Crippen LogP contribution in [0.25, 0.3) is 0 Å². The smallest absolute Gasteiger partial charge is 0.306 e. The highest BCUT2D eigenvalue weighted by molar-refractivity contribution is 7.99. The largest absolute Gasteiger partial charge is 0.490 e. The number of hydrogen-bond donors (Lipinski definition) is 1. The van der Waals surface area contributed by atoms with Gasteiger partial charge in [-0.05, 0) is 12.5 Å². The first-order valence-electron chi connectivity index (χ1n) is 6.00. The van der Waals surface area contributed by atoms with Gasteiger partial charge in [-0.1, -0.05) is 6.92 Å². The second-order valence-corrected chi connectivity index (χ2v) is 4.98. The number of halogens is 1. The summed E-state index contributed by atoms with van der Waals surface area (Å²) in [4.78, 5) is 11.7. The van der Waals surface area contributed by atoms with Gasteiger partial charge in [0.25, 0.3) is 0 Å². The van der Waals surface area contributed by atoms with E-state index in [1.165, 1.54) is 24.9 Å². The van der Waals surface area contributed by atoms with Crippen molar-refractivity contribution < 1.29 is 18.7 Å². The lowest BCUT2D eigenvalue weighted by Gasteiger charge is -2.10. The van der Waals surface area contributed by atoms with E-state index in [4.69, 9.17) is 10.5 Å². The number of ether oxygens (including phenoxy) is 2. The molecule has 4 nitrogen and oxygen atoms in total. The predicted molar refractivity (Wildman–Crippen MR) is 74.0 cm³/mol. The van der Waals surface area contributed by atoms with E-state index in [9.17, 15) is 9.18 Å². The molecule has 0 amide bonds. The van der Waals surface area contributed by atoms with Crippen LogP contribution in [0.1, 0.15) is 19.8 Å². The van der Waals surface area contributed by atoms with Crippen molar-refractivity contribution in [3.05, 3.63) is 17.9 Å². The monoisotopic (exact) mass is 287 g/mol. The molecule has 0 fully saturated rings. The Labute approximate surface area is 116 Å². The number of rotatable bonds is 7.